The van der Waals surface area contributed by atoms with Crippen LogP contribution in [0, 0.1) is 0 Å². The second-order valence-corrected chi connectivity index (χ2v) is 5.72. The quantitative estimate of drug-likeness (QED) is 0.587. The van der Waals surface area contributed by atoms with Gasteiger partial charge in [-0.05, 0) is 45.2 Å². The van der Waals surface area contributed by atoms with Gasteiger partial charge in [-0.15, -0.1) is 0 Å². The zero-order chi connectivity index (χ0) is 14.4. The first kappa shape index (κ1) is 15.0. The highest BCUT2D eigenvalue weighted by molar-refractivity contribution is 5.79. The van der Waals surface area contributed by atoms with E-state index >= 15 is 0 Å². The molecular formula is C17H25NO2. The van der Waals surface area contributed by atoms with Gasteiger partial charge in [0.2, 0.25) is 0 Å². The van der Waals surface area contributed by atoms with Crippen molar-refractivity contribution in [2.45, 2.75) is 51.6 Å². The van der Waals surface area contributed by atoms with Crippen molar-refractivity contribution in [2.24, 2.45) is 0 Å². The molecule has 0 bridgehead atoms. The standard InChI is InChI=1S/C17H25NO2/c1-14-7-5-8-15(2)18(14)11-6-12-20-17-10-4-3-9-16(17)13-19/h3-4,9-10,13-15H,5-8,11-12H2,1-2H3/t14-,15-/m0/s1. The van der Waals surface area contributed by atoms with Gasteiger partial charge in [0.1, 0.15) is 5.75 Å². The molecule has 1 heterocycles. The van der Waals surface area contributed by atoms with Gasteiger partial charge in [0.15, 0.2) is 6.29 Å². The second-order valence-electron chi connectivity index (χ2n) is 5.72. The van der Waals surface area contributed by atoms with Crippen LogP contribution in [0.5, 0.6) is 5.75 Å². The maximum absolute atomic E-state index is 10.9. The largest absolute Gasteiger partial charge is 0.493 e. The zero-order valence-electron chi connectivity index (χ0n) is 12.5. The predicted octanol–water partition coefficient (Wildman–Crippen LogP) is 3.53. The van der Waals surface area contributed by atoms with Crippen molar-refractivity contribution in [2.75, 3.05) is 13.2 Å². The van der Waals surface area contributed by atoms with Crippen LogP contribution in [-0.4, -0.2) is 36.4 Å². The minimum atomic E-state index is 0.632. The third kappa shape index (κ3) is 3.83. The summed E-state index contributed by atoms with van der Waals surface area (Å²) in [7, 11) is 0. The molecule has 0 aromatic heterocycles. The van der Waals surface area contributed by atoms with Crippen molar-refractivity contribution in [3.8, 4) is 5.75 Å². The van der Waals surface area contributed by atoms with E-state index in [4.69, 9.17) is 4.74 Å². The molecule has 0 saturated carbocycles. The number of piperidine rings is 1. The summed E-state index contributed by atoms with van der Waals surface area (Å²) in [6, 6.07) is 8.76. The molecule has 2 atom stereocenters. The lowest BCUT2D eigenvalue weighted by Crippen LogP contribution is -2.44. The summed E-state index contributed by atoms with van der Waals surface area (Å²) in [6.45, 7) is 6.38. The highest BCUT2D eigenvalue weighted by Crippen LogP contribution is 2.22. The Morgan fingerprint density at radius 3 is 2.65 bits per heavy atom. The normalized spacial score (nSPS) is 23.5. The minimum Gasteiger partial charge on any atom is -0.493 e. The molecule has 1 aliphatic rings. The number of benzene rings is 1. The first-order valence-electron chi connectivity index (χ1n) is 7.65. The van der Waals surface area contributed by atoms with Gasteiger partial charge >= 0.3 is 0 Å². The fraction of sp³-hybridized carbons (Fsp3) is 0.588. The van der Waals surface area contributed by atoms with Crippen LogP contribution in [-0.2, 0) is 0 Å². The highest BCUT2D eigenvalue weighted by atomic mass is 16.5. The minimum absolute atomic E-state index is 0.632. The monoisotopic (exact) mass is 275 g/mol. The van der Waals surface area contributed by atoms with E-state index < -0.39 is 0 Å². The summed E-state index contributed by atoms with van der Waals surface area (Å²) in [4.78, 5) is 13.5. The Bertz CT molecular complexity index is 423. The molecule has 1 aromatic rings. The molecule has 0 radical (unpaired) electrons. The summed E-state index contributed by atoms with van der Waals surface area (Å²) >= 11 is 0. The molecule has 20 heavy (non-hydrogen) atoms. The third-order valence-corrected chi connectivity index (χ3v) is 4.24. The molecule has 2 rings (SSSR count). The Balaban J connectivity index is 1.77. The number of hydrogen-bond donors (Lipinski definition) is 0. The van der Waals surface area contributed by atoms with Crippen molar-refractivity contribution in [1.82, 2.24) is 4.90 Å². The van der Waals surface area contributed by atoms with E-state index in [-0.39, 0.29) is 0 Å². The van der Waals surface area contributed by atoms with Crippen LogP contribution in [0.2, 0.25) is 0 Å². The summed E-state index contributed by atoms with van der Waals surface area (Å²) in [5, 5.41) is 0. The number of ether oxygens (including phenoxy) is 1. The smallest absolute Gasteiger partial charge is 0.153 e. The molecule has 110 valence electrons. The molecule has 3 nitrogen and oxygen atoms in total. The number of aldehydes is 1. The Morgan fingerprint density at radius 1 is 1.25 bits per heavy atom. The SMILES string of the molecule is C[C@H]1CCC[C@H](C)N1CCCOc1ccccc1C=O. The van der Waals surface area contributed by atoms with Crippen LogP contribution in [0.1, 0.15) is 49.9 Å². The van der Waals surface area contributed by atoms with Crippen molar-refractivity contribution in [3.05, 3.63) is 29.8 Å². The number of para-hydroxylation sites is 1. The molecule has 1 saturated heterocycles. The number of rotatable bonds is 6. The van der Waals surface area contributed by atoms with E-state index in [0.29, 0.717) is 30.0 Å². The van der Waals surface area contributed by atoms with E-state index in [1.54, 1.807) is 6.07 Å². The lowest BCUT2D eigenvalue weighted by Gasteiger charge is -2.39. The van der Waals surface area contributed by atoms with E-state index in [1.807, 2.05) is 18.2 Å². The van der Waals surface area contributed by atoms with Gasteiger partial charge in [0, 0.05) is 18.6 Å². The molecular weight excluding hydrogens is 250 g/mol. The second kappa shape index (κ2) is 7.44. The maximum Gasteiger partial charge on any atom is 0.153 e. The van der Waals surface area contributed by atoms with Gasteiger partial charge in [0.05, 0.1) is 12.2 Å². The van der Waals surface area contributed by atoms with Gasteiger partial charge in [-0.2, -0.15) is 0 Å². The molecule has 0 amide bonds. The maximum atomic E-state index is 10.9. The van der Waals surface area contributed by atoms with E-state index in [1.165, 1.54) is 19.3 Å². The fourth-order valence-electron chi connectivity index (χ4n) is 3.05. The summed E-state index contributed by atoms with van der Waals surface area (Å²) < 4.78 is 5.73. The van der Waals surface area contributed by atoms with Crippen molar-refractivity contribution in [1.29, 1.82) is 0 Å². The lowest BCUT2D eigenvalue weighted by molar-refractivity contribution is 0.0959. The average molecular weight is 275 g/mol. The van der Waals surface area contributed by atoms with Crippen LogP contribution in [0.4, 0.5) is 0 Å². The first-order chi connectivity index (χ1) is 9.72. The van der Waals surface area contributed by atoms with E-state index in [9.17, 15) is 4.79 Å². The Morgan fingerprint density at radius 2 is 1.95 bits per heavy atom. The molecule has 0 aliphatic carbocycles. The van der Waals surface area contributed by atoms with Crippen LogP contribution in [0.15, 0.2) is 24.3 Å². The van der Waals surface area contributed by atoms with Crippen LogP contribution >= 0.6 is 0 Å². The first-order valence-corrected chi connectivity index (χ1v) is 7.65. The van der Waals surface area contributed by atoms with Gasteiger partial charge in [-0.25, -0.2) is 0 Å². The fourth-order valence-corrected chi connectivity index (χ4v) is 3.05. The zero-order valence-corrected chi connectivity index (χ0v) is 12.5. The molecule has 3 heteroatoms. The van der Waals surface area contributed by atoms with Gasteiger partial charge in [0.25, 0.3) is 0 Å². The molecule has 0 unspecified atom stereocenters. The molecule has 0 spiro atoms. The van der Waals surface area contributed by atoms with Crippen molar-refractivity contribution >= 4 is 6.29 Å². The molecule has 0 N–H and O–H groups in total. The van der Waals surface area contributed by atoms with Crippen LogP contribution in [0.3, 0.4) is 0 Å². The van der Waals surface area contributed by atoms with Crippen molar-refractivity contribution < 1.29 is 9.53 Å². The van der Waals surface area contributed by atoms with E-state index in [2.05, 4.69) is 18.7 Å². The third-order valence-electron chi connectivity index (χ3n) is 4.24. The van der Waals surface area contributed by atoms with Gasteiger partial charge in [-0.3, -0.25) is 9.69 Å². The topological polar surface area (TPSA) is 29.5 Å². The van der Waals surface area contributed by atoms with Gasteiger partial charge in [-0.1, -0.05) is 18.6 Å². The van der Waals surface area contributed by atoms with Gasteiger partial charge < -0.3 is 4.74 Å². The summed E-state index contributed by atoms with van der Waals surface area (Å²) in [5.41, 5.74) is 0.632. The average Bonchev–Trinajstić information content (AvgIpc) is 2.46. The number of carbonyl (C=O) groups is 1. The molecule has 1 fully saturated rings. The van der Waals surface area contributed by atoms with Crippen molar-refractivity contribution in [3.63, 3.8) is 0 Å². The highest BCUT2D eigenvalue weighted by Gasteiger charge is 2.23. The van der Waals surface area contributed by atoms with Crippen LogP contribution in [0.25, 0.3) is 0 Å². The predicted molar refractivity (Wildman–Crippen MR) is 81.4 cm³/mol. The number of hydrogen-bond acceptors (Lipinski definition) is 3. The molecule has 1 aromatic carbocycles. The Hall–Kier alpha value is -1.35. The summed E-state index contributed by atoms with van der Waals surface area (Å²) in [6.07, 6.45) is 5.81. The number of likely N-dealkylation sites (tertiary alicyclic amines) is 1. The Labute approximate surface area is 121 Å². The summed E-state index contributed by atoms with van der Waals surface area (Å²) in [5.74, 6) is 0.697. The Kier molecular flexibility index (Phi) is 5.60. The van der Waals surface area contributed by atoms with Crippen LogP contribution < -0.4 is 4.74 Å². The number of nitrogens with zero attached hydrogens (tertiary/aromatic N) is 1. The molecule has 1 aliphatic heterocycles. The lowest BCUT2D eigenvalue weighted by atomic mass is 9.97. The number of carbonyl (C=O) groups excluding carboxylic acids is 1. The van der Waals surface area contributed by atoms with E-state index in [0.717, 1.165) is 19.3 Å².